The molecule has 2 heterocycles. The van der Waals surface area contributed by atoms with Crippen molar-refractivity contribution in [2.45, 2.75) is 0 Å². The monoisotopic (exact) mass is 163 g/mol. The molecular weight excluding hydrogens is 154 g/mol. The summed E-state index contributed by atoms with van der Waals surface area (Å²) in [5, 5.41) is 0.736. The zero-order valence-electron chi connectivity index (χ0n) is 6.65. The highest BCUT2D eigenvalue weighted by Gasteiger charge is 2.07. The van der Waals surface area contributed by atoms with Crippen LogP contribution in [-0.2, 0) is 7.05 Å². The van der Waals surface area contributed by atoms with Gasteiger partial charge in [-0.15, -0.1) is 0 Å². The average molecular weight is 163 g/mol. The minimum atomic E-state index is 0.429. The van der Waals surface area contributed by atoms with Gasteiger partial charge in [-0.3, -0.25) is 0 Å². The molecule has 0 saturated carbocycles. The number of hydrogen-bond acceptors (Lipinski definition) is 4. The molecule has 2 aromatic rings. The van der Waals surface area contributed by atoms with Gasteiger partial charge in [0.1, 0.15) is 17.8 Å². The van der Waals surface area contributed by atoms with Gasteiger partial charge in [-0.2, -0.15) is 0 Å². The summed E-state index contributed by atoms with van der Waals surface area (Å²) in [6.07, 6.45) is 3.20. The second-order valence-corrected chi connectivity index (χ2v) is 2.65. The van der Waals surface area contributed by atoms with Crippen LogP contribution in [0.1, 0.15) is 0 Å². The smallest absolute Gasteiger partial charge is 0.147 e. The summed E-state index contributed by atoms with van der Waals surface area (Å²) in [6, 6.07) is 0. The molecule has 2 aromatic heterocycles. The number of nitrogen functional groups attached to an aromatic ring is 2. The summed E-state index contributed by atoms with van der Waals surface area (Å²) in [5.74, 6) is 0.429. The van der Waals surface area contributed by atoms with Gasteiger partial charge in [-0.1, -0.05) is 0 Å². The highest BCUT2D eigenvalue weighted by atomic mass is 15.0. The molecule has 0 saturated heterocycles. The van der Waals surface area contributed by atoms with E-state index in [9.17, 15) is 0 Å². The Balaban J connectivity index is 2.99. The molecule has 0 bridgehead atoms. The van der Waals surface area contributed by atoms with E-state index in [0.29, 0.717) is 11.5 Å². The van der Waals surface area contributed by atoms with Crippen LogP contribution < -0.4 is 11.5 Å². The van der Waals surface area contributed by atoms with Crippen molar-refractivity contribution in [1.29, 1.82) is 0 Å². The molecule has 5 heteroatoms. The van der Waals surface area contributed by atoms with Gasteiger partial charge < -0.3 is 16.0 Å². The van der Waals surface area contributed by atoms with Gasteiger partial charge in [0.15, 0.2) is 0 Å². The van der Waals surface area contributed by atoms with E-state index in [1.54, 1.807) is 6.20 Å². The first-order chi connectivity index (χ1) is 5.70. The van der Waals surface area contributed by atoms with Crippen LogP contribution in [0.5, 0.6) is 0 Å². The van der Waals surface area contributed by atoms with Crippen molar-refractivity contribution in [1.82, 2.24) is 14.5 Å². The lowest BCUT2D eigenvalue weighted by molar-refractivity contribution is 0.945. The van der Waals surface area contributed by atoms with Crippen molar-refractivity contribution in [2.24, 2.45) is 7.05 Å². The summed E-state index contributed by atoms with van der Waals surface area (Å²) in [5.41, 5.74) is 12.7. The van der Waals surface area contributed by atoms with Gasteiger partial charge in [-0.05, 0) is 0 Å². The molecule has 0 aromatic carbocycles. The van der Waals surface area contributed by atoms with Gasteiger partial charge in [0.2, 0.25) is 0 Å². The number of rotatable bonds is 0. The first-order valence-electron chi connectivity index (χ1n) is 3.51. The largest absolute Gasteiger partial charge is 0.397 e. The van der Waals surface area contributed by atoms with Gasteiger partial charge in [0.05, 0.1) is 11.1 Å². The third kappa shape index (κ3) is 0.730. The predicted octanol–water partition coefficient (Wildman–Crippen LogP) is 0.133. The molecule has 12 heavy (non-hydrogen) atoms. The van der Waals surface area contributed by atoms with E-state index in [-0.39, 0.29) is 0 Å². The fraction of sp³-hybridized carbons (Fsp3) is 0.143. The fourth-order valence-electron chi connectivity index (χ4n) is 1.27. The summed E-state index contributed by atoms with van der Waals surface area (Å²) < 4.78 is 1.82. The molecule has 0 radical (unpaired) electrons. The molecule has 0 atom stereocenters. The third-order valence-corrected chi connectivity index (χ3v) is 1.81. The Morgan fingerprint density at radius 1 is 1.33 bits per heavy atom. The molecule has 4 N–H and O–H groups in total. The molecule has 2 rings (SSSR count). The Morgan fingerprint density at radius 3 is 2.75 bits per heavy atom. The van der Waals surface area contributed by atoms with Crippen LogP contribution in [0.3, 0.4) is 0 Å². The zero-order chi connectivity index (χ0) is 8.72. The number of nitrogens with zero attached hydrogens (tertiary/aromatic N) is 3. The molecule has 0 unspecified atom stereocenters. The van der Waals surface area contributed by atoms with Crippen molar-refractivity contribution in [3.8, 4) is 0 Å². The van der Waals surface area contributed by atoms with Crippen molar-refractivity contribution >= 4 is 22.5 Å². The van der Waals surface area contributed by atoms with Crippen LogP contribution >= 0.6 is 0 Å². The number of aryl methyl sites for hydroxylation is 1. The lowest BCUT2D eigenvalue weighted by Crippen LogP contribution is -1.94. The quantitative estimate of drug-likeness (QED) is 0.578. The fourth-order valence-corrected chi connectivity index (χ4v) is 1.27. The van der Waals surface area contributed by atoms with Gasteiger partial charge in [-0.25, -0.2) is 9.97 Å². The molecule has 62 valence electrons. The van der Waals surface area contributed by atoms with Gasteiger partial charge in [0, 0.05) is 13.2 Å². The van der Waals surface area contributed by atoms with Crippen LogP contribution in [0.25, 0.3) is 11.0 Å². The molecule has 0 fully saturated rings. The molecule has 5 nitrogen and oxygen atoms in total. The standard InChI is InChI=1S/C7H9N5/c1-12-2-4(8)5-6(9)10-3-11-7(5)12/h2-3H,8H2,1H3,(H2,9,10,11). The highest BCUT2D eigenvalue weighted by Crippen LogP contribution is 2.24. The number of nitrogens with two attached hydrogens (primary N) is 2. The predicted molar refractivity (Wildman–Crippen MR) is 47.3 cm³/mol. The maximum Gasteiger partial charge on any atom is 0.147 e. The molecule has 0 aliphatic heterocycles. The van der Waals surface area contributed by atoms with Gasteiger partial charge >= 0.3 is 0 Å². The minimum absolute atomic E-state index is 0.429. The van der Waals surface area contributed by atoms with Crippen LogP contribution in [0.15, 0.2) is 12.5 Å². The van der Waals surface area contributed by atoms with E-state index in [0.717, 1.165) is 11.0 Å². The molecule has 0 amide bonds. The molecule has 0 spiro atoms. The van der Waals surface area contributed by atoms with E-state index < -0.39 is 0 Å². The summed E-state index contributed by atoms with van der Waals surface area (Å²) >= 11 is 0. The molecule has 0 aliphatic carbocycles. The Labute approximate surface area is 69.0 Å². The summed E-state index contributed by atoms with van der Waals surface area (Å²) in [6.45, 7) is 0. The van der Waals surface area contributed by atoms with E-state index >= 15 is 0 Å². The lowest BCUT2D eigenvalue weighted by Gasteiger charge is -1.95. The van der Waals surface area contributed by atoms with Crippen molar-refractivity contribution in [3.63, 3.8) is 0 Å². The Morgan fingerprint density at radius 2 is 2.08 bits per heavy atom. The van der Waals surface area contributed by atoms with Crippen LogP contribution in [-0.4, -0.2) is 14.5 Å². The molecular formula is C7H9N5. The van der Waals surface area contributed by atoms with E-state index in [4.69, 9.17) is 11.5 Å². The zero-order valence-corrected chi connectivity index (χ0v) is 6.65. The summed E-state index contributed by atoms with van der Waals surface area (Å²) in [4.78, 5) is 7.91. The topological polar surface area (TPSA) is 82.8 Å². The van der Waals surface area contributed by atoms with E-state index in [2.05, 4.69) is 9.97 Å². The number of hydrogen-bond donors (Lipinski definition) is 2. The SMILES string of the molecule is Cn1cc(N)c2c(N)ncnc21. The molecule has 0 aliphatic rings. The maximum atomic E-state index is 5.70. The number of aromatic nitrogens is 3. The Kier molecular flexibility index (Phi) is 1.21. The van der Waals surface area contributed by atoms with Crippen molar-refractivity contribution in [3.05, 3.63) is 12.5 Å². The average Bonchev–Trinajstić information content (AvgIpc) is 2.29. The van der Waals surface area contributed by atoms with Crippen molar-refractivity contribution in [2.75, 3.05) is 11.5 Å². The highest BCUT2D eigenvalue weighted by molar-refractivity contribution is 5.96. The minimum Gasteiger partial charge on any atom is -0.397 e. The lowest BCUT2D eigenvalue weighted by atomic mass is 10.3. The van der Waals surface area contributed by atoms with E-state index in [1.807, 2.05) is 11.6 Å². The normalized spacial score (nSPS) is 10.8. The number of anilines is 2. The number of fused-ring (bicyclic) bond motifs is 1. The Hall–Kier alpha value is -1.78. The second kappa shape index (κ2) is 2.10. The maximum absolute atomic E-state index is 5.70. The summed E-state index contributed by atoms with van der Waals surface area (Å²) in [7, 11) is 1.87. The Bertz CT molecular complexity index is 431. The van der Waals surface area contributed by atoms with Crippen LogP contribution in [0, 0.1) is 0 Å². The van der Waals surface area contributed by atoms with Gasteiger partial charge in [0.25, 0.3) is 0 Å². The first kappa shape index (κ1) is 6.90. The van der Waals surface area contributed by atoms with Crippen LogP contribution in [0.4, 0.5) is 11.5 Å². The van der Waals surface area contributed by atoms with Crippen LogP contribution in [0.2, 0.25) is 0 Å². The van der Waals surface area contributed by atoms with Crippen molar-refractivity contribution < 1.29 is 0 Å². The first-order valence-corrected chi connectivity index (χ1v) is 3.51. The third-order valence-electron chi connectivity index (χ3n) is 1.81. The van der Waals surface area contributed by atoms with E-state index in [1.165, 1.54) is 6.33 Å². The second-order valence-electron chi connectivity index (χ2n) is 2.65.